The maximum absolute atomic E-state index is 12.8. The van der Waals surface area contributed by atoms with Gasteiger partial charge in [0.2, 0.25) is 4.96 Å². The monoisotopic (exact) mass is 508 g/mol. The number of hydrogen-bond acceptors (Lipinski definition) is 6. The van der Waals surface area contributed by atoms with Crippen LogP contribution in [0.2, 0.25) is 0 Å². The first-order valence-corrected chi connectivity index (χ1v) is 11.2. The lowest BCUT2D eigenvalue weighted by Gasteiger charge is -2.11. The van der Waals surface area contributed by atoms with E-state index < -0.39 is 0 Å². The molecule has 1 amide bonds. The van der Waals surface area contributed by atoms with E-state index in [1.54, 1.807) is 16.9 Å². The Balaban J connectivity index is 1.29. The number of fused-ring (bicyclic) bond motifs is 2. The molecular formula is C21H13BrN6OS2. The number of carbonyl (C=O) groups excluding carboxylic acids is 1. The Bertz CT molecular complexity index is 1420. The van der Waals surface area contributed by atoms with Gasteiger partial charge in [0.05, 0.1) is 0 Å². The summed E-state index contributed by atoms with van der Waals surface area (Å²) in [5, 5.41) is 20.9. The summed E-state index contributed by atoms with van der Waals surface area (Å²) in [6.07, 6.45) is 1.57. The van der Waals surface area contributed by atoms with Gasteiger partial charge in [-0.2, -0.15) is 9.61 Å². The van der Waals surface area contributed by atoms with Crippen molar-refractivity contribution in [3.05, 3.63) is 77.0 Å². The van der Waals surface area contributed by atoms with Gasteiger partial charge in [-0.3, -0.25) is 10.1 Å². The first-order valence-electron chi connectivity index (χ1n) is 9.15. The zero-order valence-corrected chi connectivity index (χ0v) is 19.0. The average Bonchev–Trinajstić information content (AvgIpc) is 3.36. The largest absolute Gasteiger partial charge is 0.332 e. The molecule has 0 aliphatic rings. The summed E-state index contributed by atoms with van der Waals surface area (Å²) in [5.41, 5.74) is 2.27. The number of nitrogens with one attached hydrogen (secondary N) is 2. The zero-order valence-electron chi connectivity index (χ0n) is 15.7. The van der Waals surface area contributed by atoms with E-state index in [0.717, 1.165) is 36.5 Å². The molecule has 0 saturated heterocycles. The van der Waals surface area contributed by atoms with E-state index in [9.17, 15) is 4.79 Å². The van der Waals surface area contributed by atoms with Crippen LogP contribution in [0.15, 0.2) is 71.5 Å². The third-order valence-electron chi connectivity index (χ3n) is 4.62. The highest BCUT2D eigenvalue weighted by molar-refractivity contribution is 9.10. The smallest absolute Gasteiger partial charge is 0.258 e. The van der Waals surface area contributed by atoms with Crippen LogP contribution in [-0.4, -0.2) is 30.8 Å². The average molecular weight is 509 g/mol. The minimum atomic E-state index is -0.266. The second-order valence-electron chi connectivity index (χ2n) is 6.59. The number of carbonyl (C=O) groups is 1. The van der Waals surface area contributed by atoms with Crippen molar-refractivity contribution in [3.63, 3.8) is 0 Å². The Morgan fingerprint density at radius 3 is 2.61 bits per heavy atom. The van der Waals surface area contributed by atoms with E-state index in [1.807, 2.05) is 54.6 Å². The number of anilines is 1. The first-order chi connectivity index (χ1) is 15.1. The van der Waals surface area contributed by atoms with Crippen LogP contribution in [0.25, 0.3) is 26.3 Å². The summed E-state index contributed by atoms with van der Waals surface area (Å²) in [4.78, 5) is 13.5. The van der Waals surface area contributed by atoms with Gasteiger partial charge in [-0.1, -0.05) is 51.5 Å². The van der Waals surface area contributed by atoms with E-state index in [-0.39, 0.29) is 11.0 Å². The van der Waals surface area contributed by atoms with Gasteiger partial charge in [0, 0.05) is 21.3 Å². The molecule has 3 aromatic carbocycles. The third kappa shape index (κ3) is 3.92. The van der Waals surface area contributed by atoms with Gasteiger partial charge < -0.3 is 5.32 Å². The van der Waals surface area contributed by atoms with Crippen LogP contribution in [0.3, 0.4) is 0 Å². The summed E-state index contributed by atoms with van der Waals surface area (Å²) in [7, 11) is 0. The predicted octanol–water partition coefficient (Wildman–Crippen LogP) is 4.90. The van der Waals surface area contributed by atoms with Crippen LogP contribution in [0, 0.1) is 0 Å². The SMILES string of the molecule is O=C(NC(=S)Nc1ccc(-c2nn3cnnc3s2)cc1)c1cccc2c(Br)cccc12. The number of aromatic nitrogens is 4. The molecule has 10 heteroatoms. The lowest BCUT2D eigenvalue weighted by molar-refractivity contribution is 0.0979. The van der Waals surface area contributed by atoms with Crippen LogP contribution < -0.4 is 10.6 Å². The Morgan fingerprint density at radius 2 is 1.81 bits per heavy atom. The number of hydrogen-bond donors (Lipinski definition) is 2. The molecule has 152 valence electrons. The number of rotatable bonds is 3. The van der Waals surface area contributed by atoms with Crippen molar-refractivity contribution in [2.24, 2.45) is 0 Å². The molecule has 2 aromatic heterocycles. The second kappa shape index (κ2) is 8.14. The van der Waals surface area contributed by atoms with Crippen molar-refractivity contribution in [2.45, 2.75) is 0 Å². The molecule has 7 nitrogen and oxygen atoms in total. The molecular weight excluding hydrogens is 496 g/mol. The maximum atomic E-state index is 12.8. The summed E-state index contributed by atoms with van der Waals surface area (Å²) < 4.78 is 2.58. The van der Waals surface area contributed by atoms with Crippen LogP contribution in [-0.2, 0) is 0 Å². The van der Waals surface area contributed by atoms with Crippen LogP contribution in [0.4, 0.5) is 5.69 Å². The molecule has 0 aliphatic heterocycles. The fourth-order valence-corrected chi connectivity index (χ4v) is 4.71. The van der Waals surface area contributed by atoms with Crippen LogP contribution in [0.1, 0.15) is 10.4 Å². The van der Waals surface area contributed by atoms with E-state index >= 15 is 0 Å². The minimum absolute atomic E-state index is 0.226. The van der Waals surface area contributed by atoms with E-state index in [4.69, 9.17) is 12.2 Å². The quantitative estimate of drug-likeness (QED) is 0.337. The normalized spacial score (nSPS) is 11.0. The molecule has 2 N–H and O–H groups in total. The van der Waals surface area contributed by atoms with Gasteiger partial charge in [0.25, 0.3) is 5.91 Å². The first kappa shape index (κ1) is 19.7. The fraction of sp³-hybridized carbons (Fsp3) is 0. The fourth-order valence-electron chi connectivity index (χ4n) is 3.18. The van der Waals surface area contributed by atoms with Gasteiger partial charge >= 0.3 is 0 Å². The molecule has 0 aliphatic carbocycles. The van der Waals surface area contributed by atoms with Crippen LogP contribution in [0.5, 0.6) is 0 Å². The van der Waals surface area contributed by atoms with Gasteiger partial charge in [-0.25, -0.2) is 0 Å². The van der Waals surface area contributed by atoms with Gasteiger partial charge in [-0.15, -0.1) is 10.2 Å². The van der Waals surface area contributed by atoms with E-state index in [2.05, 4.69) is 41.9 Å². The Kier molecular flexibility index (Phi) is 5.18. The van der Waals surface area contributed by atoms with Crippen molar-refractivity contribution in [3.8, 4) is 10.6 Å². The van der Waals surface area contributed by atoms with Crippen LogP contribution >= 0.6 is 39.5 Å². The molecule has 0 spiro atoms. The molecule has 5 aromatic rings. The maximum Gasteiger partial charge on any atom is 0.258 e. The molecule has 0 fully saturated rings. The molecule has 31 heavy (non-hydrogen) atoms. The number of thiocarbonyl (C=S) groups is 1. The lowest BCUT2D eigenvalue weighted by Crippen LogP contribution is -2.34. The van der Waals surface area contributed by atoms with E-state index in [0.29, 0.717) is 5.56 Å². The minimum Gasteiger partial charge on any atom is -0.332 e. The highest BCUT2D eigenvalue weighted by atomic mass is 79.9. The van der Waals surface area contributed by atoms with Gasteiger partial charge in [0.1, 0.15) is 11.3 Å². The number of amides is 1. The van der Waals surface area contributed by atoms with E-state index in [1.165, 1.54) is 11.3 Å². The summed E-state index contributed by atoms with van der Waals surface area (Å²) in [6, 6.07) is 19.0. The molecule has 5 rings (SSSR count). The Labute approximate surface area is 194 Å². The molecule has 0 radical (unpaired) electrons. The van der Waals surface area contributed by atoms with Gasteiger partial charge in [-0.05, 0) is 59.4 Å². The summed E-state index contributed by atoms with van der Waals surface area (Å²) in [5.74, 6) is -0.266. The second-order valence-corrected chi connectivity index (χ2v) is 8.81. The number of halogens is 1. The van der Waals surface area contributed by atoms with Crippen molar-refractivity contribution >= 4 is 71.9 Å². The van der Waals surface area contributed by atoms with Crippen molar-refractivity contribution in [1.29, 1.82) is 0 Å². The predicted molar refractivity (Wildman–Crippen MR) is 129 cm³/mol. The topological polar surface area (TPSA) is 84.2 Å². The molecule has 0 unspecified atom stereocenters. The Morgan fingerprint density at radius 1 is 1.03 bits per heavy atom. The van der Waals surface area contributed by atoms with Crippen molar-refractivity contribution < 1.29 is 4.79 Å². The molecule has 0 atom stereocenters. The van der Waals surface area contributed by atoms with Crippen molar-refractivity contribution in [1.82, 2.24) is 25.1 Å². The third-order valence-corrected chi connectivity index (χ3v) is 6.47. The highest BCUT2D eigenvalue weighted by Crippen LogP contribution is 2.27. The number of benzene rings is 3. The van der Waals surface area contributed by atoms with Gasteiger partial charge in [0.15, 0.2) is 5.11 Å². The molecule has 0 saturated carbocycles. The molecule has 0 bridgehead atoms. The van der Waals surface area contributed by atoms with Crippen molar-refractivity contribution in [2.75, 3.05) is 5.32 Å². The summed E-state index contributed by atoms with van der Waals surface area (Å²) >= 11 is 10.3. The molecule has 2 heterocycles. The standard InChI is InChI=1S/C21H13BrN6OS2/c22-17-6-2-3-14-15(17)4-1-5-16(14)18(29)25-20(30)24-13-9-7-12(8-10-13)19-27-28-11-23-26-21(28)31-19/h1-11H,(H2,24,25,29,30). The highest BCUT2D eigenvalue weighted by Gasteiger charge is 2.13. The number of nitrogens with zero attached hydrogens (tertiary/aromatic N) is 4. The Hall–Kier alpha value is -3.21. The zero-order chi connectivity index (χ0) is 21.4. The lowest BCUT2D eigenvalue weighted by atomic mass is 10.0. The summed E-state index contributed by atoms with van der Waals surface area (Å²) in [6.45, 7) is 0.